The van der Waals surface area contributed by atoms with Gasteiger partial charge in [-0.05, 0) is 12.5 Å². The molecule has 0 saturated carbocycles. The lowest BCUT2D eigenvalue weighted by Gasteiger charge is -2.12. The van der Waals surface area contributed by atoms with E-state index in [1.54, 1.807) is 20.3 Å². The predicted molar refractivity (Wildman–Crippen MR) is 84.5 cm³/mol. The smallest absolute Gasteiger partial charge is 0.231 e. The molecule has 0 radical (unpaired) electrons. The Hall–Kier alpha value is -1.97. The topological polar surface area (TPSA) is 106 Å². The quantitative estimate of drug-likeness (QED) is 0.494. The molecule has 0 fully saturated rings. The number of anilines is 1. The first-order chi connectivity index (χ1) is 10.7. The van der Waals surface area contributed by atoms with Gasteiger partial charge in [-0.15, -0.1) is 0 Å². The second kappa shape index (κ2) is 7.87. The minimum Gasteiger partial charge on any atom is -0.493 e. The first kappa shape index (κ1) is 16.4. The summed E-state index contributed by atoms with van der Waals surface area (Å²) in [5, 5.41) is 4.00. The molecule has 3 N–H and O–H groups in total. The summed E-state index contributed by atoms with van der Waals surface area (Å²) in [6.45, 7) is 1.03. The number of rotatable bonds is 8. The Bertz CT molecular complexity index is 668. The van der Waals surface area contributed by atoms with Crippen LogP contribution in [-0.2, 0) is 11.3 Å². The zero-order valence-corrected chi connectivity index (χ0v) is 13.1. The molecule has 22 heavy (non-hydrogen) atoms. The number of methoxy groups -OCH3 is 2. The Morgan fingerprint density at radius 2 is 1.91 bits per heavy atom. The normalized spacial score (nSPS) is 12.1. The highest BCUT2D eigenvalue weighted by molar-refractivity contribution is 7.77. The standard InChI is InChI=1S/C13H18N4O4S/c1-20-11-6-9-10(7-12(11)21-2)15-8-16-13(9)14-4-3-5-17-22(18)19/h6-8,17H,3-5H2,1-2H3,(H,18,19)(H,14,15,16). The van der Waals surface area contributed by atoms with Gasteiger partial charge in [0.1, 0.15) is 12.1 Å². The largest absolute Gasteiger partial charge is 0.493 e. The van der Waals surface area contributed by atoms with Crippen LogP contribution in [-0.4, -0.2) is 46.0 Å². The van der Waals surface area contributed by atoms with E-state index in [1.807, 2.05) is 6.07 Å². The summed E-state index contributed by atoms with van der Waals surface area (Å²) in [5.41, 5.74) is 0.740. The first-order valence-electron chi connectivity index (χ1n) is 6.60. The van der Waals surface area contributed by atoms with Gasteiger partial charge < -0.3 is 14.8 Å². The molecule has 0 amide bonds. The van der Waals surface area contributed by atoms with Crippen molar-refractivity contribution in [2.24, 2.45) is 0 Å². The molecule has 0 aliphatic rings. The Morgan fingerprint density at radius 1 is 1.18 bits per heavy atom. The Balaban J connectivity index is 2.14. The third-order valence-electron chi connectivity index (χ3n) is 3.01. The summed E-state index contributed by atoms with van der Waals surface area (Å²) >= 11 is -1.98. The van der Waals surface area contributed by atoms with Crippen LogP contribution in [0.5, 0.6) is 11.5 Å². The highest BCUT2D eigenvalue weighted by Gasteiger charge is 2.10. The molecule has 9 heteroatoms. The van der Waals surface area contributed by atoms with E-state index >= 15 is 0 Å². The van der Waals surface area contributed by atoms with Gasteiger partial charge in [-0.3, -0.25) is 4.55 Å². The van der Waals surface area contributed by atoms with Gasteiger partial charge in [-0.2, -0.15) is 0 Å². The van der Waals surface area contributed by atoms with Crippen molar-refractivity contribution >= 4 is 28.0 Å². The molecule has 2 rings (SSSR count). The van der Waals surface area contributed by atoms with Gasteiger partial charge in [0.15, 0.2) is 11.5 Å². The van der Waals surface area contributed by atoms with Crippen LogP contribution in [0.4, 0.5) is 5.82 Å². The maximum atomic E-state index is 10.5. The lowest BCUT2D eigenvalue weighted by molar-refractivity contribution is 0.356. The Kier molecular flexibility index (Phi) is 5.87. The molecule has 2 aromatic rings. The molecule has 0 bridgehead atoms. The zero-order valence-electron chi connectivity index (χ0n) is 12.3. The minimum absolute atomic E-state index is 0.427. The van der Waals surface area contributed by atoms with Crippen LogP contribution in [0.25, 0.3) is 10.9 Å². The molecule has 1 atom stereocenters. The summed E-state index contributed by atoms with van der Waals surface area (Å²) in [6, 6.07) is 3.61. The van der Waals surface area contributed by atoms with Gasteiger partial charge in [-0.25, -0.2) is 18.9 Å². The SMILES string of the molecule is COc1cc2ncnc(NCCCNS(=O)O)c2cc1OC. The van der Waals surface area contributed by atoms with Crippen molar-refractivity contribution in [3.8, 4) is 11.5 Å². The second-order valence-corrected chi connectivity index (χ2v) is 5.16. The maximum absolute atomic E-state index is 10.5. The van der Waals surface area contributed by atoms with Gasteiger partial charge in [0.2, 0.25) is 11.3 Å². The van der Waals surface area contributed by atoms with Crippen LogP contribution in [0.2, 0.25) is 0 Å². The molecule has 120 valence electrons. The van der Waals surface area contributed by atoms with Crippen LogP contribution < -0.4 is 19.5 Å². The van der Waals surface area contributed by atoms with Gasteiger partial charge in [-0.1, -0.05) is 0 Å². The predicted octanol–water partition coefficient (Wildman–Crippen LogP) is 1.18. The summed E-state index contributed by atoms with van der Waals surface area (Å²) in [4.78, 5) is 8.44. The number of hydrogen-bond acceptors (Lipinski definition) is 6. The molecule has 8 nitrogen and oxygen atoms in total. The van der Waals surface area contributed by atoms with E-state index in [9.17, 15) is 4.21 Å². The highest BCUT2D eigenvalue weighted by atomic mass is 32.2. The van der Waals surface area contributed by atoms with Gasteiger partial charge in [0.25, 0.3) is 0 Å². The molecular formula is C13H18N4O4S. The van der Waals surface area contributed by atoms with Gasteiger partial charge >= 0.3 is 0 Å². The van der Waals surface area contributed by atoms with E-state index < -0.39 is 11.3 Å². The Morgan fingerprint density at radius 3 is 2.59 bits per heavy atom. The van der Waals surface area contributed by atoms with Crippen molar-refractivity contribution in [2.45, 2.75) is 6.42 Å². The number of ether oxygens (including phenoxy) is 2. The summed E-state index contributed by atoms with van der Waals surface area (Å²) in [5.74, 6) is 1.88. The molecule has 1 aromatic heterocycles. The number of fused-ring (bicyclic) bond motifs is 1. The number of nitrogens with one attached hydrogen (secondary N) is 2. The fraction of sp³-hybridized carbons (Fsp3) is 0.385. The number of hydrogen-bond donors (Lipinski definition) is 3. The first-order valence-corrected chi connectivity index (χ1v) is 7.71. The monoisotopic (exact) mass is 326 g/mol. The number of aromatic nitrogens is 2. The summed E-state index contributed by atoms with van der Waals surface area (Å²) in [6.07, 6.45) is 2.14. The third-order valence-corrected chi connectivity index (χ3v) is 3.46. The van der Waals surface area contributed by atoms with Gasteiger partial charge in [0.05, 0.1) is 19.7 Å². The van der Waals surface area contributed by atoms with E-state index in [4.69, 9.17) is 14.0 Å². The van der Waals surface area contributed by atoms with Crippen LogP contribution in [0.15, 0.2) is 18.5 Å². The molecule has 0 saturated heterocycles. The van der Waals surface area contributed by atoms with Crippen LogP contribution >= 0.6 is 0 Å². The van der Waals surface area contributed by atoms with Crippen LogP contribution in [0.1, 0.15) is 6.42 Å². The summed E-state index contributed by atoms with van der Waals surface area (Å²) < 4.78 is 32.0. The average molecular weight is 326 g/mol. The van der Waals surface area contributed by atoms with Crippen molar-refractivity contribution in [1.29, 1.82) is 0 Å². The number of benzene rings is 1. The highest BCUT2D eigenvalue weighted by Crippen LogP contribution is 2.33. The van der Waals surface area contributed by atoms with E-state index in [2.05, 4.69) is 20.0 Å². The van der Waals surface area contributed by atoms with Crippen molar-refractivity contribution < 1.29 is 18.2 Å². The molecule has 1 heterocycles. The van der Waals surface area contributed by atoms with E-state index in [-0.39, 0.29) is 0 Å². The molecule has 0 aliphatic carbocycles. The van der Waals surface area contributed by atoms with Crippen molar-refractivity contribution in [1.82, 2.24) is 14.7 Å². The third kappa shape index (κ3) is 4.03. The molecule has 0 spiro atoms. The zero-order chi connectivity index (χ0) is 15.9. The lowest BCUT2D eigenvalue weighted by atomic mass is 10.2. The van der Waals surface area contributed by atoms with Crippen LogP contribution in [0.3, 0.4) is 0 Å². The number of nitrogens with zero attached hydrogens (tertiary/aromatic N) is 2. The van der Waals surface area contributed by atoms with Crippen molar-refractivity contribution in [3.63, 3.8) is 0 Å². The summed E-state index contributed by atoms with van der Waals surface area (Å²) in [7, 11) is 3.14. The lowest BCUT2D eigenvalue weighted by Crippen LogP contribution is -2.20. The molecular weight excluding hydrogens is 308 g/mol. The van der Waals surface area contributed by atoms with E-state index in [0.29, 0.717) is 36.8 Å². The van der Waals surface area contributed by atoms with Crippen LogP contribution in [0, 0.1) is 0 Å². The second-order valence-electron chi connectivity index (χ2n) is 4.37. The molecule has 1 unspecified atom stereocenters. The molecule has 0 aliphatic heterocycles. The van der Waals surface area contributed by atoms with E-state index in [0.717, 1.165) is 10.9 Å². The van der Waals surface area contributed by atoms with Crippen molar-refractivity contribution in [3.05, 3.63) is 18.5 Å². The minimum atomic E-state index is -1.98. The maximum Gasteiger partial charge on any atom is 0.231 e. The van der Waals surface area contributed by atoms with Gasteiger partial charge in [0, 0.05) is 24.5 Å². The fourth-order valence-corrected chi connectivity index (χ4v) is 2.30. The average Bonchev–Trinajstić information content (AvgIpc) is 2.53. The Labute approximate surface area is 130 Å². The van der Waals surface area contributed by atoms with Crippen molar-refractivity contribution in [2.75, 3.05) is 32.6 Å². The molecule has 1 aromatic carbocycles. The van der Waals surface area contributed by atoms with E-state index in [1.165, 1.54) is 6.33 Å². The fourth-order valence-electron chi connectivity index (χ4n) is 1.98.